The normalized spacial score (nSPS) is 8.69. The summed E-state index contributed by atoms with van der Waals surface area (Å²) in [4.78, 5) is 3.88. The molecule has 0 unspecified atom stereocenters. The molecule has 0 aliphatic rings. The second kappa shape index (κ2) is 5.92. The SMILES string of the molecule is C=Nc1ccc(C)c(C)c1Br.CC. The molecule has 1 aromatic rings. The van der Waals surface area contributed by atoms with Crippen LogP contribution in [-0.2, 0) is 0 Å². The van der Waals surface area contributed by atoms with E-state index in [0.717, 1.165) is 10.2 Å². The Morgan fingerprint density at radius 1 is 1.23 bits per heavy atom. The standard InChI is InChI=1S/C9H10BrN.C2H6/c1-6-4-5-8(11-3)9(10)7(6)2;1-2/h4-5H,3H2,1-2H3;1-2H3. The largest absolute Gasteiger partial charge is 0.263 e. The maximum Gasteiger partial charge on any atom is 0.0767 e. The molecule has 72 valence electrons. The Labute approximate surface area is 89.0 Å². The zero-order chi connectivity index (χ0) is 10.4. The predicted octanol–water partition coefficient (Wildman–Crippen LogP) is 4.42. The molecule has 1 nitrogen and oxygen atoms in total. The molecular weight excluding hydrogens is 226 g/mol. The summed E-state index contributed by atoms with van der Waals surface area (Å²) >= 11 is 3.46. The van der Waals surface area contributed by atoms with E-state index in [0.29, 0.717) is 0 Å². The van der Waals surface area contributed by atoms with Crippen LogP contribution in [0, 0.1) is 13.8 Å². The van der Waals surface area contributed by atoms with E-state index in [9.17, 15) is 0 Å². The lowest BCUT2D eigenvalue weighted by Gasteiger charge is -2.04. The lowest BCUT2D eigenvalue weighted by atomic mass is 10.1. The first-order valence-electron chi connectivity index (χ1n) is 4.39. The molecule has 0 radical (unpaired) electrons. The van der Waals surface area contributed by atoms with Crippen LogP contribution in [0.4, 0.5) is 5.69 Å². The number of hydrogen-bond acceptors (Lipinski definition) is 1. The van der Waals surface area contributed by atoms with Gasteiger partial charge < -0.3 is 0 Å². The van der Waals surface area contributed by atoms with Crippen LogP contribution in [0.25, 0.3) is 0 Å². The number of rotatable bonds is 1. The Hall–Kier alpha value is -0.630. The average Bonchev–Trinajstić information content (AvgIpc) is 2.18. The van der Waals surface area contributed by atoms with Crippen molar-refractivity contribution in [2.45, 2.75) is 27.7 Å². The topological polar surface area (TPSA) is 12.4 Å². The molecule has 0 spiro atoms. The maximum absolute atomic E-state index is 3.88. The molecule has 2 heteroatoms. The molecular formula is C11H16BrN. The van der Waals surface area contributed by atoms with Gasteiger partial charge in [0.15, 0.2) is 0 Å². The molecule has 0 fully saturated rings. The van der Waals surface area contributed by atoms with Gasteiger partial charge in [-0.1, -0.05) is 19.9 Å². The predicted molar refractivity (Wildman–Crippen MR) is 64.2 cm³/mol. The monoisotopic (exact) mass is 241 g/mol. The highest BCUT2D eigenvalue weighted by molar-refractivity contribution is 9.10. The quantitative estimate of drug-likeness (QED) is 0.646. The van der Waals surface area contributed by atoms with Crippen molar-refractivity contribution in [2.24, 2.45) is 4.99 Å². The summed E-state index contributed by atoms with van der Waals surface area (Å²) in [6.45, 7) is 11.6. The van der Waals surface area contributed by atoms with E-state index in [1.165, 1.54) is 11.1 Å². The Kier molecular flexibility index (Phi) is 5.63. The summed E-state index contributed by atoms with van der Waals surface area (Å²) in [7, 11) is 0. The molecule has 1 aromatic carbocycles. The smallest absolute Gasteiger partial charge is 0.0767 e. The van der Waals surface area contributed by atoms with Crippen molar-refractivity contribution < 1.29 is 0 Å². The van der Waals surface area contributed by atoms with Gasteiger partial charge in [-0.2, -0.15) is 0 Å². The van der Waals surface area contributed by atoms with Crippen molar-refractivity contribution in [3.05, 3.63) is 27.7 Å². The fourth-order valence-corrected chi connectivity index (χ4v) is 1.46. The first kappa shape index (κ1) is 12.4. The molecule has 13 heavy (non-hydrogen) atoms. The van der Waals surface area contributed by atoms with E-state index in [2.05, 4.69) is 41.5 Å². The van der Waals surface area contributed by atoms with Crippen LogP contribution in [-0.4, -0.2) is 6.72 Å². The molecule has 0 aromatic heterocycles. The summed E-state index contributed by atoms with van der Waals surface area (Å²) in [5.41, 5.74) is 3.41. The van der Waals surface area contributed by atoms with Gasteiger partial charge in [-0.15, -0.1) is 0 Å². The fraction of sp³-hybridized carbons (Fsp3) is 0.364. The minimum atomic E-state index is 0.910. The molecule has 0 saturated carbocycles. The van der Waals surface area contributed by atoms with Gasteiger partial charge in [0.1, 0.15) is 0 Å². The van der Waals surface area contributed by atoms with Crippen LogP contribution in [0.1, 0.15) is 25.0 Å². The minimum absolute atomic E-state index is 0.910. The summed E-state index contributed by atoms with van der Waals surface area (Å²) in [6.07, 6.45) is 0. The number of aryl methyl sites for hydroxylation is 1. The maximum atomic E-state index is 3.88. The number of aliphatic imine (C=N–C) groups is 1. The van der Waals surface area contributed by atoms with E-state index in [-0.39, 0.29) is 0 Å². The van der Waals surface area contributed by atoms with Crippen LogP contribution in [0.2, 0.25) is 0 Å². The Morgan fingerprint density at radius 3 is 2.23 bits per heavy atom. The zero-order valence-electron chi connectivity index (χ0n) is 8.69. The minimum Gasteiger partial charge on any atom is -0.263 e. The summed E-state index contributed by atoms with van der Waals surface area (Å²) in [6, 6.07) is 4.00. The van der Waals surface area contributed by atoms with Crippen LogP contribution < -0.4 is 0 Å². The number of halogens is 1. The van der Waals surface area contributed by atoms with Crippen molar-refractivity contribution in [1.82, 2.24) is 0 Å². The van der Waals surface area contributed by atoms with Crippen LogP contribution in [0.5, 0.6) is 0 Å². The Morgan fingerprint density at radius 2 is 1.77 bits per heavy atom. The summed E-state index contributed by atoms with van der Waals surface area (Å²) in [5.74, 6) is 0. The van der Waals surface area contributed by atoms with Gasteiger partial charge in [-0.3, -0.25) is 4.99 Å². The number of hydrogen-bond donors (Lipinski definition) is 0. The van der Waals surface area contributed by atoms with E-state index in [1.807, 2.05) is 26.0 Å². The Bertz CT molecular complexity index is 292. The van der Waals surface area contributed by atoms with E-state index >= 15 is 0 Å². The molecule has 0 N–H and O–H groups in total. The van der Waals surface area contributed by atoms with Crippen molar-refractivity contribution in [3.63, 3.8) is 0 Å². The molecule has 0 saturated heterocycles. The van der Waals surface area contributed by atoms with E-state index < -0.39 is 0 Å². The van der Waals surface area contributed by atoms with E-state index in [1.54, 1.807) is 0 Å². The molecule has 0 aliphatic carbocycles. The third-order valence-corrected chi connectivity index (χ3v) is 2.81. The van der Waals surface area contributed by atoms with Crippen LogP contribution in [0.15, 0.2) is 21.6 Å². The molecule has 0 atom stereocenters. The highest BCUT2D eigenvalue weighted by Crippen LogP contribution is 2.29. The highest BCUT2D eigenvalue weighted by Gasteiger charge is 2.01. The third kappa shape index (κ3) is 2.96. The first-order chi connectivity index (χ1) is 6.16. The van der Waals surface area contributed by atoms with Crippen LogP contribution >= 0.6 is 15.9 Å². The van der Waals surface area contributed by atoms with Gasteiger partial charge in [-0.05, 0) is 53.7 Å². The average molecular weight is 242 g/mol. The third-order valence-electron chi connectivity index (χ3n) is 1.81. The molecule has 0 heterocycles. The van der Waals surface area contributed by atoms with Gasteiger partial charge in [0.05, 0.1) is 5.69 Å². The van der Waals surface area contributed by atoms with Gasteiger partial charge in [-0.25, -0.2) is 0 Å². The van der Waals surface area contributed by atoms with Crippen molar-refractivity contribution >= 4 is 28.3 Å². The van der Waals surface area contributed by atoms with Gasteiger partial charge in [0.25, 0.3) is 0 Å². The molecule has 0 bridgehead atoms. The van der Waals surface area contributed by atoms with Gasteiger partial charge in [0, 0.05) is 4.47 Å². The fourth-order valence-electron chi connectivity index (χ4n) is 0.889. The van der Waals surface area contributed by atoms with Crippen molar-refractivity contribution in [1.29, 1.82) is 0 Å². The Balaban J connectivity index is 0.000000671. The zero-order valence-corrected chi connectivity index (χ0v) is 10.3. The van der Waals surface area contributed by atoms with Gasteiger partial charge >= 0.3 is 0 Å². The number of benzene rings is 1. The molecule has 0 aliphatic heterocycles. The molecule has 1 rings (SSSR count). The first-order valence-corrected chi connectivity index (χ1v) is 5.18. The van der Waals surface area contributed by atoms with Crippen molar-refractivity contribution in [2.75, 3.05) is 0 Å². The van der Waals surface area contributed by atoms with Crippen molar-refractivity contribution in [3.8, 4) is 0 Å². The highest BCUT2D eigenvalue weighted by atomic mass is 79.9. The second-order valence-electron chi connectivity index (χ2n) is 2.50. The lowest BCUT2D eigenvalue weighted by molar-refractivity contribution is 1.30. The van der Waals surface area contributed by atoms with Gasteiger partial charge in [0.2, 0.25) is 0 Å². The summed E-state index contributed by atoms with van der Waals surface area (Å²) < 4.78 is 1.05. The van der Waals surface area contributed by atoms with Crippen LogP contribution in [0.3, 0.4) is 0 Å². The summed E-state index contributed by atoms with van der Waals surface area (Å²) in [5, 5.41) is 0. The lowest BCUT2D eigenvalue weighted by Crippen LogP contribution is -1.81. The van der Waals surface area contributed by atoms with E-state index in [4.69, 9.17) is 0 Å². The molecule has 0 amide bonds. The number of nitrogens with zero attached hydrogens (tertiary/aromatic N) is 1. The second-order valence-corrected chi connectivity index (χ2v) is 3.29.